The molecule has 1 unspecified atom stereocenters. The Bertz CT molecular complexity index is 4550. The van der Waals surface area contributed by atoms with E-state index in [4.69, 9.17) is 0 Å². The second kappa shape index (κ2) is 54.2. The van der Waals surface area contributed by atoms with Crippen molar-refractivity contribution in [1.82, 2.24) is 0 Å². The predicted octanol–water partition coefficient (Wildman–Crippen LogP) is 33.5. The van der Waals surface area contributed by atoms with Gasteiger partial charge in [0.25, 0.3) is 0 Å². The Labute approximate surface area is 692 Å². The molecular weight excluding hydrogens is 1360 g/mol. The highest BCUT2D eigenvalue weighted by Gasteiger charge is 2.12. The number of benzene rings is 13. The van der Waals surface area contributed by atoms with E-state index in [-0.39, 0.29) is 5.41 Å². The summed E-state index contributed by atoms with van der Waals surface area (Å²) < 4.78 is 0. The van der Waals surface area contributed by atoms with E-state index < -0.39 is 0 Å². The van der Waals surface area contributed by atoms with Crippen LogP contribution < -0.4 is 0 Å². The van der Waals surface area contributed by atoms with Gasteiger partial charge in [-0.1, -0.05) is 448 Å². The summed E-state index contributed by atoms with van der Waals surface area (Å²) in [6.45, 7) is 58.7. The topological polar surface area (TPSA) is 0 Å². The first kappa shape index (κ1) is 97.6. The third kappa shape index (κ3) is 42.2. The van der Waals surface area contributed by atoms with Gasteiger partial charge in [0.2, 0.25) is 0 Å². The maximum absolute atomic E-state index is 2.27. The number of unbranched alkanes of at least 4 members (excludes halogenated alkanes) is 1. The van der Waals surface area contributed by atoms with Gasteiger partial charge < -0.3 is 0 Å². The van der Waals surface area contributed by atoms with Gasteiger partial charge in [-0.05, 0) is 248 Å². The van der Waals surface area contributed by atoms with Crippen molar-refractivity contribution in [2.24, 2.45) is 5.92 Å². The molecule has 0 aliphatic heterocycles. The number of rotatable bonds is 11. The van der Waals surface area contributed by atoms with Crippen molar-refractivity contribution < 1.29 is 0 Å². The lowest BCUT2D eigenvalue weighted by molar-refractivity contribution is 0.590. The van der Waals surface area contributed by atoms with E-state index >= 15 is 0 Å². The molecule has 0 bridgehead atoms. The van der Waals surface area contributed by atoms with Crippen molar-refractivity contribution in [3.63, 3.8) is 0 Å². The summed E-state index contributed by atoms with van der Waals surface area (Å²) in [7, 11) is 0. The van der Waals surface area contributed by atoms with Gasteiger partial charge in [-0.3, -0.25) is 0 Å². The van der Waals surface area contributed by atoms with Crippen LogP contribution in [0.5, 0.6) is 0 Å². The van der Waals surface area contributed by atoms with Crippen LogP contribution in [0.15, 0.2) is 291 Å². The molecule has 113 heavy (non-hydrogen) atoms. The van der Waals surface area contributed by atoms with Crippen LogP contribution >= 0.6 is 0 Å². The van der Waals surface area contributed by atoms with E-state index in [0.29, 0.717) is 11.8 Å². The summed E-state index contributed by atoms with van der Waals surface area (Å²) in [5.74, 6) is 2.12. The highest BCUT2D eigenvalue weighted by atomic mass is 14.2. The molecule has 0 N–H and O–H groups in total. The molecule has 0 nitrogen and oxygen atoms in total. The maximum Gasteiger partial charge on any atom is -0.0132 e. The Balaban J connectivity index is 0.000000322. The molecule has 0 radical (unpaired) electrons. The molecule has 1 atom stereocenters. The summed E-state index contributed by atoms with van der Waals surface area (Å²) in [5.41, 5.74) is 30.7. The zero-order chi connectivity index (χ0) is 83.8. The number of hydrogen-bond acceptors (Lipinski definition) is 0. The molecular formula is C113H148. The fourth-order valence-corrected chi connectivity index (χ4v) is 11.9. The van der Waals surface area contributed by atoms with Gasteiger partial charge in [0.05, 0.1) is 0 Å². The van der Waals surface area contributed by atoms with Crippen molar-refractivity contribution in [2.75, 3.05) is 0 Å². The molecule has 0 spiro atoms. The van der Waals surface area contributed by atoms with E-state index in [1.54, 1.807) is 0 Å². The average molecular weight is 1510 g/mol. The molecule has 13 rings (SSSR count). The quantitative estimate of drug-likeness (QED) is 0.121. The monoisotopic (exact) mass is 1510 g/mol. The van der Waals surface area contributed by atoms with Crippen molar-refractivity contribution >= 4 is 21.5 Å². The third-order valence-corrected chi connectivity index (χ3v) is 20.0. The van der Waals surface area contributed by atoms with Crippen LogP contribution in [0.25, 0.3) is 21.5 Å². The number of hydrogen-bond donors (Lipinski definition) is 0. The van der Waals surface area contributed by atoms with Gasteiger partial charge in [-0.2, -0.15) is 0 Å². The van der Waals surface area contributed by atoms with Crippen LogP contribution in [0.3, 0.4) is 0 Å². The molecule has 13 aromatic carbocycles. The molecule has 0 fully saturated rings. The highest BCUT2D eigenvalue weighted by Crippen LogP contribution is 2.24. The van der Waals surface area contributed by atoms with E-state index in [9.17, 15) is 0 Å². The van der Waals surface area contributed by atoms with Crippen LogP contribution in [-0.2, 0) is 31.1 Å². The predicted molar refractivity (Wildman–Crippen MR) is 509 cm³/mol. The fraction of sp³-hybridized carbons (Fsp3) is 0.345. The van der Waals surface area contributed by atoms with E-state index in [1.807, 2.05) is 0 Å². The molecule has 0 amide bonds. The fourth-order valence-electron chi connectivity index (χ4n) is 11.9. The van der Waals surface area contributed by atoms with Crippen molar-refractivity contribution in [2.45, 2.75) is 256 Å². The van der Waals surface area contributed by atoms with Gasteiger partial charge >= 0.3 is 0 Å². The van der Waals surface area contributed by atoms with E-state index in [0.717, 1.165) is 12.3 Å². The zero-order valence-electron chi connectivity index (χ0n) is 75.6. The third-order valence-electron chi connectivity index (χ3n) is 20.0. The number of aryl methyl sites for hydroxylation is 17. The number of fused-ring (bicyclic) bond motifs is 2. The van der Waals surface area contributed by atoms with Crippen LogP contribution in [0, 0.1) is 110 Å². The lowest BCUT2D eigenvalue weighted by Crippen LogP contribution is -2.10. The second-order valence-corrected chi connectivity index (χ2v) is 33.0. The van der Waals surface area contributed by atoms with Crippen molar-refractivity contribution in [1.29, 1.82) is 0 Å². The minimum atomic E-state index is 0.285. The largest absolute Gasteiger partial charge is 0.0654 e. The smallest absolute Gasteiger partial charge is 0.0132 e. The zero-order valence-corrected chi connectivity index (χ0v) is 75.6. The van der Waals surface area contributed by atoms with Crippen LogP contribution in [0.2, 0.25) is 0 Å². The average Bonchev–Trinajstić information content (AvgIpc) is 0.894. The van der Waals surface area contributed by atoms with Gasteiger partial charge in [-0.25, -0.2) is 0 Å². The first-order valence-electron chi connectivity index (χ1n) is 42.1. The van der Waals surface area contributed by atoms with Crippen LogP contribution in [0.1, 0.15) is 243 Å². The Hall–Kier alpha value is -9.62. The summed E-state index contributed by atoms with van der Waals surface area (Å²) in [6.07, 6.45) is 9.83. The minimum absolute atomic E-state index is 0.285. The second-order valence-electron chi connectivity index (χ2n) is 33.0. The summed E-state index contributed by atoms with van der Waals surface area (Å²) in [5, 5.41) is 5.33. The molecule has 13 aromatic rings. The summed E-state index contributed by atoms with van der Waals surface area (Å²) >= 11 is 0. The van der Waals surface area contributed by atoms with Gasteiger partial charge in [0, 0.05) is 0 Å². The van der Waals surface area contributed by atoms with E-state index in [1.165, 1.54) is 189 Å². The van der Waals surface area contributed by atoms with Gasteiger partial charge in [-0.15, -0.1) is 0 Å². The summed E-state index contributed by atoms with van der Waals surface area (Å²) in [6, 6.07) is 104. The Morgan fingerprint density at radius 1 is 0.274 bits per heavy atom. The molecule has 0 aromatic heterocycles. The molecule has 0 aliphatic rings. The van der Waals surface area contributed by atoms with Gasteiger partial charge in [0.15, 0.2) is 0 Å². The molecule has 600 valence electrons. The summed E-state index contributed by atoms with van der Waals surface area (Å²) in [4.78, 5) is 0. The standard InChI is InChI=1S/2C11H10.4C11H16.3C10H14.C9H12.C8H10/c1-9-5-4-7-10-6-2-3-8-11(9)10;1-9-6-7-10-4-2-3-5-11(10)8-9;1-9-5-7-10(8-6-9)11(2,3)4;1-9(2)8-11-6-4-10(3)5-7-11;1-4-10(3)11-7-5-9(2)6-8-11;1-3-4-5-11-8-6-10(2)7-9-11;1-7-5-8(2)10(4)9(3)6-7;1-8(2)10-6-4-9(3)5-7-10;1-3-4-10-7-5-9(2)6-8-10;1-3-9-6-4-8(2)5-7-9;1-7-3-5-8(2)6-4-7/h2*2-8H,1H3;5-8H,1-4H3;4-7,9H,8H2,1-3H3;5-8,10H,4H2,1-3H3;6-9H,3-5H2,1-2H3;5-6H,1-4H3;4-8H,1-3H3;5-8H,3-4H2,1-2H3;4-7H,3H2,1-2H3;3-6H,1-2H3. The first-order valence-corrected chi connectivity index (χ1v) is 42.1. The highest BCUT2D eigenvalue weighted by molar-refractivity contribution is 5.85. The molecule has 0 heterocycles. The molecule has 0 saturated heterocycles. The SMILES string of the molecule is CCC(C)c1ccc(C)cc1.CCCCc1ccc(C)cc1.CCCc1ccc(C)cc1.CCc1ccc(C)cc1.Cc1cc(C)c(C)c(C)c1.Cc1ccc(C(C)(C)C)cc1.Cc1ccc(C(C)C)cc1.Cc1ccc(C)cc1.Cc1ccc(CC(C)C)cc1.Cc1ccc2ccccc2c1.Cc1cccc2ccccc12. The Morgan fingerprint density at radius 3 is 1.02 bits per heavy atom. The lowest BCUT2D eigenvalue weighted by Gasteiger charge is -2.18. The van der Waals surface area contributed by atoms with Crippen molar-refractivity contribution in [3.8, 4) is 0 Å². The first-order chi connectivity index (χ1) is 53.7. The molecule has 0 heteroatoms. The minimum Gasteiger partial charge on any atom is -0.0654 e. The Kier molecular flexibility index (Phi) is 46.8. The van der Waals surface area contributed by atoms with Crippen molar-refractivity contribution in [3.05, 3.63) is 414 Å². The Morgan fingerprint density at radius 2 is 0.628 bits per heavy atom. The van der Waals surface area contributed by atoms with E-state index in [2.05, 4.69) is 478 Å². The lowest BCUT2D eigenvalue weighted by atomic mass is 9.87. The van der Waals surface area contributed by atoms with Gasteiger partial charge in [0.1, 0.15) is 0 Å². The molecule has 0 saturated carbocycles. The molecule has 0 aliphatic carbocycles. The normalized spacial score (nSPS) is 10.5. The van der Waals surface area contributed by atoms with Crippen LogP contribution in [0.4, 0.5) is 0 Å². The maximum atomic E-state index is 2.27. The van der Waals surface area contributed by atoms with Crippen LogP contribution in [-0.4, -0.2) is 0 Å².